The molecule has 2 N–H and O–H groups in total. The molecule has 106 valence electrons. The average Bonchev–Trinajstić information content (AvgIpc) is 2.76. The summed E-state index contributed by atoms with van der Waals surface area (Å²) in [5, 5.41) is 0.792. The summed E-state index contributed by atoms with van der Waals surface area (Å²) in [6.07, 6.45) is 1.69. The van der Waals surface area contributed by atoms with E-state index in [4.69, 9.17) is 10.5 Å². The predicted octanol–water partition coefficient (Wildman–Crippen LogP) is 1.94. The maximum absolute atomic E-state index is 11.8. The first kappa shape index (κ1) is 14.1. The Morgan fingerprint density at radius 2 is 1.95 bits per heavy atom. The average molecular weight is 274 g/mol. The number of fused-ring (bicyclic) bond motifs is 1. The molecule has 5 heteroatoms. The van der Waals surface area contributed by atoms with E-state index in [0.717, 1.165) is 10.9 Å². The number of aromatic nitrogens is 1. The Labute approximate surface area is 117 Å². The van der Waals surface area contributed by atoms with Crippen LogP contribution in [0.2, 0.25) is 0 Å². The molecule has 1 heterocycles. The van der Waals surface area contributed by atoms with Gasteiger partial charge in [-0.1, -0.05) is 18.2 Å². The standard InChI is InChI=1S/C15H18N2O3/c1-15(2,14(19)20-3)9-17-8-11(13(16)18)10-6-4-5-7-12(10)17/h4-8H,9H2,1-3H3,(H2,16,18). The zero-order valence-electron chi connectivity index (χ0n) is 11.8. The van der Waals surface area contributed by atoms with Crippen molar-refractivity contribution in [2.75, 3.05) is 7.11 Å². The molecule has 1 amide bonds. The molecule has 0 unspecified atom stereocenters. The van der Waals surface area contributed by atoms with Gasteiger partial charge < -0.3 is 15.0 Å². The summed E-state index contributed by atoms with van der Waals surface area (Å²) in [7, 11) is 1.37. The Morgan fingerprint density at radius 1 is 1.30 bits per heavy atom. The molecular weight excluding hydrogens is 256 g/mol. The quantitative estimate of drug-likeness (QED) is 0.866. The van der Waals surface area contributed by atoms with Gasteiger partial charge in [-0.15, -0.1) is 0 Å². The Morgan fingerprint density at radius 3 is 2.55 bits per heavy atom. The van der Waals surface area contributed by atoms with E-state index >= 15 is 0 Å². The number of nitrogens with zero attached hydrogens (tertiary/aromatic N) is 1. The Balaban J connectivity index is 2.50. The van der Waals surface area contributed by atoms with Crippen molar-refractivity contribution in [3.63, 3.8) is 0 Å². The van der Waals surface area contributed by atoms with E-state index < -0.39 is 11.3 Å². The summed E-state index contributed by atoms with van der Waals surface area (Å²) in [5.74, 6) is -0.772. The zero-order chi connectivity index (χ0) is 14.9. The fourth-order valence-electron chi connectivity index (χ4n) is 2.34. The number of nitrogens with two attached hydrogens (primary N) is 1. The van der Waals surface area contributed by atoms with Crippen LogP contribution in [0.25, 0.3) is 10.9 Å². The van der Waals surface area contributed by atoms with Crippen LogP contribution in [0.1, 0.15) is 24.2 Å². The Bertz CT molecular complexity index is 671. The number of ether oxygens (including phenoxy) is 1. The number of primary amides is 1. The van der Waals surface area contributed by atoms with Gasteiger partial charge in [0, 0.05) is 23.6 Å². The largest absolute Gasteiger partial charge is 0.469 e. The fraction of sp³-hybridized carbons (Fsp3) is 0.333. The van der Waals surface area contributed by atoms with Crippen molar-refractivity contribution in [3.8, 4) is 0 Å². The first-order valence-electron chi connectivity index (χ1n) is 6.33. The smallest absolute Gasteiger partial charge is 0.313 e. The van der Waals surface area contributed by atoms with Gasteiger partial charge in [0.25, 0.3) is 5.91 Å². The SMILES string of the molecule is COC(=O)C(C)(C)Cn1cc(C(N)=O)c2ccccc21. The van der Waals surface area contributed by atoms with Gasteiger partial charge in [0.1, 0.15) is 0 Å². The molecule has 2 rings (SSSR count). The molecule has 5 nitrogen and oxygen atoms in total. The van der Waals surface area contributed by atoms with Gasteiger partial charge in [-0.2, -0.15) is 0 Å². The first-order valence-corrected chi connectivity index (χ1v) is 6.33. The van der Waals surface area contributed by atoms with Crippen molar-refractivity contribution in [2.24, 2.45) is 11.1 Å². The molecule has 0 saturated carbocycles. The predicted molar refractivity (Wildman–Crippen MR) is 76.3 cm³/mol. The number of esters is 1. The van der Waals surface area contributed by atoms with Crippen LogP contribution in [-0.4, -0.2) is 23.6 Å². The highest BCUT2D eigenvalue weighted by Crippen LogP contribution is 2.26. The molecule has 0 fully saturated rings. The molecule has 0 aliphatic carbocycles. The molecule has 0 spiro atoms. The highest BCUT2D eigenvalue weighted by molar-refractivity contribution is 6.06. The Kier molecular flexibility index (Phi) is 3.53. The lowest BCUT2D eigenvalue weighted by Crippen LogP contribution is -2.30. The lowest BCUT2D eigenvalue weighted by molar-refractivity contribution is -0.151. The summed E-state index contributed by atoms with van der Waals surface area (Å²) in [6, 6.07) is 7.48. The normalized spacial score (nSPS) is 11.6. The summed E-state index contributed by atoms with van der Waals surface area (Å²) in [4.78, 5) is 23.3. The fourth-order valence-corrected chi connectivity index (χ4v) is 2.34. The molecule has 1 aromatic heterocycles. The van der Waals surface area contributed by atoms with Gasteiger partial charge in [0.15, 0.2) is 0 Å². The highest BCUT2D eigenvalue weighted by Gasteiger charge is 2.30. The summed E-state index contributed by atoms with van der Waals surface area (Å²) < 4.78 is 6.68. The topological polar surface area (TPSA) is 74.3 Å². The molecule has 0 bridgehead atoms. The number of carbonyl (C=O) groups excluding carboxylic acids is 2. The third kappa shape index (κ3) is 2.39. The molecule has 1 aromatic carbocycles. The van der Waals surface area contributed by atoms with Gasteiger partial charge in [-0.25, -0.2) is 0 Å². The molecule has 2 aromatic rings. The second kappa shape index (κ2) is 5.00. The Hall–Kier alpha value is -2.30. The third-order valence-electron chi connectivity index (χ3n) is 3.36. The van der Waals surface area contributed by atoms with Gasteiger partial charge >= 0.3 is 5.97 Å². The maximum atomic E-state index is 11.8. The van der Waals surface area contributed by atoms with E-state index in [-0.39, 0.29) is 5.97 Å². The van der Waals surface area contributed by atoms with Crippen LogP contribution in [-0.2, 0) is 16.1 Å². The van der Waals surface area contributed by atoms with Crippen LogP contribution in [0.15, 0.2) is 30.5 Å². The number of carbonyl (C=O) groups is 2. The summed E-state index contributed by atoms with van der Waals surface area (Å²) in [5.41, 5.74) is 6.04. The van der Waals surface area contributed by atoms with E-state index in [1.54, 1.807) is 20.0 Å². The highest BCUT2D eigenvalue weighted by atomic mass is 16.5. The van der Waals surface area contributed by atoms with Crippen molar-refractivity contribution in [1.82, 2.24) is 4.57 Å². The van der Waals surface area contributed by atoms with E-state index in [1.165, 1.54) is 7.11 Å². The maximum Gasteiger partial charge on any atom is 0.313 e. The van der Waals surface area contributed by atoms with E-state index in [2.05, 4.69) is 0 Å². The second-order valence-corrected chi connectivity index (χ2v) is 5.43. The molecule has 0 aliphatic heterocycles. The number of hydrogen-bond acceptors (Lipinski definition) is 3. The van der Waals surface area contributed by atoms with E-state index in [1.807, 2.05) is 28.8 Å². The van der Waals surface area contributed by atoms with Crippen LogP contribution in [0.5, 0.6) is 0 Å². The van der Waals surface area contributed by atoms with Gasteiger partial charge in [-0.05, 0) is 19.9 Å². The van der Waals surface area contributed by atoms with E-state index in [9.17, 15) is 9.59 Å². The van der Waals surface area contributed by atoms with Crippen molar-refractivity contribution in [1.29, 1.82) is 0 Å². The molecular formula is C15H18N2O3. The number of para-hydroxylation sites is 1. The number of hydrogen-bond donors (Lipinski definition) is 1. The third-order valence-corrected chi connectivity index (χ3v) is 3.36. The number of rotatable bonds is 4. The van der Waals surface area contributed by atoms with Gasteiger partial charge in [0.05, 0.1) is 18.1 Å². The van der Waals surface area contributed by atoms with Gasteiger partial charge in [-0.3, -0.25) is 9.59 Å². The van der Waals surface area contributed by atoms with Crippen LogP contribution >= 0.6 is 0 Å². The molecule has 0 radical (unpaired) electrons. The van der Waals surface area contributed by atoms with Crippen molar-refractivity contribution in [2.45, 2.75) is 20.4 Å². The zero-order valence-corrected chi connectivity index (χ0v) is 11.8. The van der Waals surface area contributed by atoms with Gasteiger partial charge in [0.2, 0.25) is 0 Å². The molecule has 0 atom stereocenters. The summed E-state index contributed by atoms with van der Waals surface area (Å²) >= 11 is 0. The minimum absolute atomic E-state index is 0.295. The second-order valence-electron chi connectivity index (χ2n) is 5.43. The lowest BCUT2D eigenvalue weighted by Gasteiger charge is -2.22. The number of amides is 1. The first-order chi connectivity index (χ1) is 9.36. The van der Waals surface area contributed by atoms with E-state index in [0.29, 0.717) is 12.1 Å². The van der Waals surface area contributed by atoms with Crippen molar-refractivity contribution < 1.29 is 14.3 Å². The summed E-state index contributed by atoms with van der Waals surface area (Å²) in [6.45, 7) is 4.02. The lowest BCUT2D eigenvalue weighted by atomic mass is 9.93. The molecule has 0 saturated heterocycles. The number of methoxy groups -OCH3 is 1. The van der Waals surface area contributed by atoms with Crippen LogP contribution < -0.4 is 5.73 Å². The molecule has 0 aliphatic rings. The monoisotopic (exact) mass is 274 g/mol. The van der Waals surface area contributed by atoms with Crippen LogP contribution in [0.3, 0.4) is 0 Å². The minimum Gasteiger partial charge on any atom is -0.469 e. The van der Waals surface area contributed by atoms with Crippen LogP contribution in [0.4, 0.5) is 0 Å². The van der Waals surface area contributed by atoms with Crippen molar-refractivity contribution in [3.05, 3.63) is 36.0 Å². The molecule has 20 heavy (non-hydrogen) atoms. The minimum atomic E-state index is -0.689. The van der Waals surface area contributed by atoms with Crippen molar-refractivity contribution >= 4 is 22.8 Å². The number of benzene rings is 1. The van der Waals surface area contributed by atoms with Crippen LogP contribution in [0, 0.1) is 5.41 Å².